The van der Waals surface area contributed by atoms with E-state index in [-0.39, 0.29) is 11.7 Å². The predicted molar refractivity (Wildman–Crippen MR) is 68.4 cm³/mol. The lowest BCUT2D eigenvalue weighted by Crippen LogP contribution is -2.27. The van der Waals surface area contributed by atoms with E-state index < -0.39 is 0 Å². The second-order valence-corrected chi connectivity index (χ2v) is 5.04. The zero-order chi connectivity index (χ0) is 13.1. The number of nitrogens with zero attached hydrogens (tertiary/aromatic N) is 4. The third kappa shape index (κ3) is 2.73. The molecule has 7 heteroatoms. The fourth-order valence-electron chi connectivity index (χ4n) is 1.52. The fraction of sp³-hybridized carbons (Fsp3) is 0.455. The van der Waals surface area contributed by atoms with Gasteiger partial charge in [-0.05, 0) is 6.92 Å². The highest BCUT2D eigenvalue weighted by molar-refractivity contribution is 7.09. The van der Waals surface area contributed by atoms with Crippen LogP contribution in [-0.4, -0.2) is 38.0 Å². The molecule has 0 bridgehead atoms. The lowest BCUT2D eigenvalue weighted by Gasteiger charge is -2.13. The van der Waals surface area contributed by atoms with Crippen LogP contribution in [0.1, 0.15) is 34.1 Å². The average molecular weight is 265 g/mol. The van der Waals surface area contributed by atoms with Crippen molar-refractivity contribution in [2.24, 2.45) is 0 Å². The van der Waals surface area contributed by atoms with Gasteiger partial charge in [0.2, 0.25) is 5.82 Å². The zero-order valence-corrected chi connectivity index (χ0v) is 11.4. The van der Waals surface area contributed by atoms with Crippen LogP contribution in [0.15, 0.2) is 5.38 Å². The van der Waals surface area contributed by atoms with Gasteiger partial charge in [0, 0.05) is 18.8 Å². The molecule has 0 atom stereocenters. The Morgan fingerprint density at radius 3 is 2.83 bits per heavy atom. The highest BCUT2D eigenvalue weighted by atomic mass is 32.1. The first-order valence-corrected chi connectivity index (χ1v) is 6.56. The maximum Gasteiger partial charge on any atom is 0.293 e. The number of hydrogen-bond donors (Lipinski definition) is 1. The van der Waals surface area contributed by atoms with E-state index >= 15 is 0 Å². The van der Waals surface area contributed by atoms with Gasteiger partial charge in [-0.1, -0.05) is 6.92 Å². The van der Waals surface area contributed by atoms with Crippen molar-refractivity contribution in [2.45, 2.75) is 26.8 Å². The average Bonchev–Trinajstić information content (AvgIpc) is 2.97. The third-order valence-electron chi connectivity index (χ3n) is 2.47. The maximum absolute atomic E-state index is 12.0. The van der Waals surface area contributed by atoms with Gasteiger partial charge in [-0.2, -0.15) is 0 Å². The molecule has 0 saturated heterocycles. The smallest absolute Gasteiger partial charge is 0.293 e. The van der Waals surface area contributed by atoms with Crippen LogP contribution in [0.25, 0.3) is 0 Å². The Morgan fingerprint density at radius 1 is 1.50 bits per heavy atom. The summed E-state index contributed by atoms with van der Waals surface area (Å²) in [4.78, 5) is 22.1. The van der Waals surface area contributed by atoms with Crippen molar-refractivity contribution in [3.05, 3.63) is 27.7 Å². The molecule has 18 heavy (non-hydrogen) atoms. The summed E-state index contributed by atoms with van der Waals surface area (Å²) in [6, 6.07) is 0. The number of aromatic nitrogens is 4. The number of carbonyl (C=O) groups is 1. The van der Waals surface area contributed by atoms with Crippen molar-refractivity contribution in [3.8, 4) is 0 Å². The van der Waals surface area contributed by atoms with Crippen molar-refractivity contribution >= 4 is 17.2 Å². The lowest BCUT2D eigenvalue weighted by atomic mass is 10.4. The topological polar surface area (TPSA) is 74.8 Å². The molecule has 0 fully saturated rings. The quantitative estimate of drug-likeness (QED) is 0.906. The Labute approximate surface area is 109 Å². The SMILES string of the molecule is CCc1nc(C(=O)N(C)Cc2csc(C)n2)n[nH]1. The number of H-pyrrole nitrogens is 1. The minimum Gasteiger partial charge on any atom is -0.333 e. The van der Waals surface area contributed by atoms with E-state index in [2.05, 4.69) is 20.2 Å². The summed E-state index contributed by atoms with van der Waals surface area (Å²) in [5.41, 5.74) is 0.889. The molecular weight excluding hydrogens is 250 g/mol. The molecule has 2 rings (SSSR count). The summed E-state index contributed by atoms with van der Waals surface area (Å²) in [6.07, 6.45) is 0.731. The highest BCUT2D eigenvalue weighted by Crippen LogP contribution is 2.10. The van der Waals surface area contributed by atoms with Crippen molar-refractivity contribution in [2.75, 3.05) is 7.05 Å². The molecule has 2 aromatic heterocycles. The second-order valence-electron chi connectivity index (χ2n) is 3.98. The van der Waals surface area contributed by atoms with Crippen LogP contribution >= 0.6 is 11.3 Å². The van der Waals surface area contributed by atoms with Crippen molar-refractivity contribution < 1.29 is 4.79 Å². The molecule has 6 nitrogen and oxygen atoms in total. The van der Waals surface area contributed by atoms with Crippen LogP contribution in [0.3, 0.4) is 0 Å². The number of hydrogen-bond acceptors (Lipinski definition) is 5. The van der Waals surface area contributed by atoms with Gasteiger partial charge >= 0.3 is 0 Å². The van der Waals surface area contributed by atoms with Gasteiger partial charge in [-0.15, -0.1) is 16.4 Å². The van der Waals surface area contributed by atoms with Crippen LogP contribution in [0.2, 0.25) is 0 Å². The molecule has 96 valence electrons. The van der Waals surface area contributed by atoms with Crippen LogP contribution in [0, 0.1) is 6.92 Å². The summed E-state index contributed by atoms with van der Waals surface area (Å²) in [5.74, 6) is 0.731. The van der Waals surface area contributed by atoms with Gasteiger partial charge in [-0.25, -0.2) is 9.97 Å². The Morgan fingerprint density at radius 2 is 2.28 bits per heavy atom. The summed E-state index contributed by atoms with van der Waals surface area (Å²) < 4.78 is 0. The van der Waals surface area contributed by atoms with E-state index in [1.165, 1.54) is 0 Å². The molecule has 1 amide bonds. The van der Waals surface area contributed by atoms with E-state index in [1.54, 1.807) is 23.3 Å². The van der Waals surface area contributed by atoms with Gasteiger partial charge < -0.3 is 4.90 Å². The van der Waals surface area contributed by atoms with E-state index in [1.807, 2.05) is 19.2 Å². The van der Waals surface area contributed by atoms with Crippen molar-refractivity contribution in [3.63, 3.8) is 0 Å². The molecule has 0 radical (unpaired) electrons. The Hall–Kier alpha value is -1.76. The van der Waals surface area contributed by atoms with Gasteiger partial charge in [0.1, 0.15) is 5.82 Å². The van der Waals surface area contributed by atoms with Crippen LogP contribution < -0.4 is 0 Å². The van der Waals surface area contributed by atoms with Gasteiger partial charge in [0.15, 0.2) is 0 Å². The number of nitrogens with one attached hydrogen (secondary N) is 1. The monoisotopic (exact) mass is 265 g/mol. The van der Waals surface area contributed by atoms with Crippen LogP contribution in [0.5, 0.6) is 0 Å². The third-order valence-corrected chi connectivity index (χ3v) is 3.29. The van der Waals surface area contributed by atoms with Crippen LogP contribution in [0.4, 0.5) is 0 Å². The molecule has 0 aliphatic carbocycles. The first-order valence-electron chi connectivity index (χ1n) is 5.68. The molecule has 0 aliphatic heterocycles. The standard InChI is InChI=1S/C11H15N5OS/c1-4-9-13-10(15-14-9)11(17)16(3)5-8-6-18-7(2)12-8/h6H,4-5H2,1-3H3,(H,13,14,15). The molecule has 2 aromatic rings. The summed E-state index contributed by atoms with van der Waals surface area (Å²) in [5, 5.41) is 9.60. The zero-order valence-electron chi connectivity index (χ0n) is 10.6. The number of aromatic amines is 1. The minimum absolute atomic E-state index is 0.198. The van der Waals surface area contributed by atoms with Gasteiger partial charge in [-0.3, -0.25) is 9.89 Å². The normalized spacial score (nSPS) is 10.6. The highest BCUT2D eigenvalue weighted by Gasteiger charge is 2.17. The predicted octanol–water partition coefficient (Wildman–Crippen LogP) is 1.40. The number of thiazole rings is 1. The van der Waals surface area contributed by atoms with E-state index in [9.17, 15) is 4.79 Å². The molecule has 2 heterocycles. The number of rotatable bonds is 4. The molecule has 0 aliphatic rings. The number of amides is 1. The van der Waals surface area contributed by atoms with E-state index in [0.717, 1.165) is 22.9 Å². The largest absolute Gasteiger partial charge is 0.333 e. The minimum atomic E-state index is -0.198. The Bertz CT molecular complexity index is 547. The molecule has 1 N–H and O–H groups in total. The molecule has 0 aromatic carbocycles. The first-order chi connectivity index (χ1) is 8.60. The maximum atomic E-state index is 12.0. The fourth-order valence-corrected chi connectivity index (χ4v) is 2.12. The van der Waals surface area contributed by atoms with E-state index in [0.29, 0.717) is 6.54 Å². The van der Waals surface area contributed by atoms with Gasteiger partial charge in [0.25, 0.3) is 5.91 Å². The van der Waals surface area contributed by atoms with Crippen molar-refractivity contribution in [1.82, 2.24) is 25.1 Å². The Balaban J connectivity index is 2.04. The lowest BCUT2D eigenvalue weighted by molar-refractivity contribution is 0.0772. The summed E-state index contributed by atoms with van der Waals surface area (Å²) >= 11 is 1.58. The summed E-state index contributed by atoms with van der Waals surface area (Å²) in [6.45, 7) is 4.37. The number of carbonyl (C=O) groups excluding carboxylic acids is 1. The summed E-state index contributed by atoms with van der Waals surface area (Å²) in [7, 11) is 1.72. The van der Waals surface area contributed by atoms with Gasteiger partial charge in [0.05, 0.1) is 17.2 Å². The Kier molecular flexibility index (Phi) is 3.71. The molecular formula is C11H15N5OS. The van der Waals surface area contributed by atoms with E-state index in [4.69, 9.17) is 0 Å². The second kappa shape index (κ2) is 5.26. The first kappa shape index (κ1) is 12.7. The molecule has 0 saturated carbocycles. The van der Waals surface area contributed by atoms with Crippen LogP contribution in [-0.2, 0) is 13.0 Å². The number of aryl methyl sites for hydroxylation is 2. The molecule has 0 unspecified atom stereocenters. The van der Waals surface area contributed by atoms with Crippen molar-refractivity contribution in [1.29, 1.82) is 0 Å². The molecule has 0 spiro atoms.